The molecule has 4 heteroatoms. The van der Waals surface area contributed by atoms with Crippen molar-refractivity contribution < 1.29 is 4.79 Å². The van der Waals surface area contributed by atoms with E-state index in [9.17, 15) is 4.79 Å². The van der Waals surface area contributed by atoms with Crippen LogP contribution in [0.15, 0.2) is 0 Å². The van der Waals surface area contributed by atoms with Gasteiger partial charge >= 0.3 is 0 Å². The quantitative estimate of drug-likeness (QED) is 0.714. The lowest BCUT2D eigenvalue weighted by molar-refractivity contribution is -0.130. The Bertz CT molecular complexity index is 186. The highest BCUT2D eigenvalue weighted by molar-refractivity contribution is 9.10. The van der Waals surface area contributed by atoms with Gasteiger partial charge in [-0.1, -0.05) is 15.9 Å². The molecule has 0 saturated carbocycles. The maximum atomic E-state index is 11.6. The van der Waals surface area contributed by atoms with Crippen LogP contribution in [0.1, 0.15) is 19.8 Å². The summed E-state index contributed by atoms with van der Waals surface area (Å²) in [6.07, 6.45) is 4.52. The summed E-state index contributed by atoms with van der Waals surface area (Å²) in [5.41, 5.74) is 0. The van der Waals surface area contributed by atoms with E-state index in [0.717, 1.165) is 19.5 Å². The number of carbonyl (C=O) groups is 1. The Balaban J connectivity index is 2.46. The third-order valence-electron chi connectivity index (χ3n) is 2.36. The molecule has 1 amide bonds. The number of likely N-dealkylation sites (tertiary alicyclic amines) is 1. The van der Waals surface area contributed by atoms with Crippen LogP contribution >= 0.6 is 27.7 Å². The molecule has 13 heavy (non-hydrogen) atoms. The average Bonchev–Trinajstić information content (AvgIpc) is 2.16. The minimum absolute atomic E-state index is 0.0342. The van der Waals surface area contributed by atoms with Gasteiger partial charge in [0.25, 0.3) is 0 Å². The predicted octanol–water partition coefficient (Wildman–Crippen LogP) is 2.12. The number of halogens is 1. The van der Waals surface area contributed by atoms with Gasteiger partial charge in [0.1, 0.15) is 0 Å². The summed E-state index contributed by atoms with van der Waals surface area (Å²) in [4.78, 5) is 13.6. The zero-order valence-electron chi connectivity index (χ0n) is 8.12. The van der Waals surface area contributed by atoms with Gasteiger partial charge in [-0.3, -0.25) is 4.79 Å². The van der Waals surface area contributed by atoms with Gasteiger partial charge in [-0.15, -0.1) is 0 Å². The lowest BCUT2D eigenvalue weighted by Gasteiger charge is -2.32. The van der Waals surface area contributed by atoms with Gasteiger partial charge in [0.05, 0.1) is 4.83 Å². The molecule has 1 aliphatic rings. The van der Waals surface area contributed by atoms with Gasteiger partial charge in [0.15, 0.2) is 0 Å². The minimum Gasteiger partial charge on any atom is -0.341 e. The predicted molar refractivity (Wildman–Crippen MR) is 61.5 cm³/mol. The fraction of sp³-hybridized carbons (Fsp3) is 0.889. The van der Waals surface area contributed by atoms with Crippen LogP contribution in [0.2, 0.25) is 0 Å². The van der Waals surface area contributed by atoms with Crippen molar-refractivity contribution in [1.29, 1.82) is 0 Å². The summed E-state index contributed by atoms with van der Waals surface area (Å²) in [6, 6.07) is 0. The van der Waals surface area contributed by atoms with Crippen molar-refractivity contribution in [2.75, 3.05) is 19.3 Å². The van der Waals surface area contributed by atoms with Crippen molar-refractivity contribution in [2.45, 2.75) is 29.8 Å². The molecular formula is C9H16BrNOS. The van der Waals surface area contributed by atoms with Crippen LogP contribution in [0.5, 0.6) is 0 Å². The number of nitrogens with zero attached hydrogens (tertiary/aromatic N) is 1. The molecule has 1 saturated heterocycles. The lowest BCUT2D eigenvalue weighted by Crippen LogP contribution is -2.43. The molecule has 1 heterocycles. The van der Waals surface area contributed by atoms with Crippen molar-refractivity contribution >= 4 is 33.6 Å². The SMILES string of the molecule is CSC1CCCN(C(=O)C(C)Br)C1. The van der Waals surface area contributed by atoms with Gasteiger partial charge < -0.3 is 4.90 Å². The van der Waals surface area contributed by atoms with Crippen molar-refractivity contribution in [3.63, 3.8) is 0 Å². The molecular weight excluding hydrogens is 250 g/mol. The first-order valence-corrected chi connectivity index (χ1v) is 6.81. The van der Waals surface area contributed by atoms with Crippen LogP contribution in [0.4, 0.5) is 0 Å². The standard InChI is InChI=1S/C9H16BrNOS/c1-7(10)9(12)11-5-3-4-8(6-11)13-2/h7-8H,3-6H2,1-2H3. The molecule has 2 atom stereocenters. The van der Waals surface area contributed by atoms with Crippen LogP contribution in [0.3, 0.4) is 0 Å². The van der Waals surface area contributed by atoms with Gasteiger partial charge in [-0.25, -0.2) is 0 Å². The van der Waals surface area contributed by atoms with Gasteiger partial charge in [-0.05, 0) is 26.0 Å². The number of carbonyl (C=O) groups excluding carboxylic acids is 1. The summed E-state index contributed by atoms with van der Waals surface area (Å²) in [5.74, 6) is 0.235. The van der Waals surface area contributed by atoms with Crippen LogP contribution < -0.4 is 0 Å². The second kappa shape index (κ2) is 5.25. The van der Waals surface area contributed by atoms with Crippen molar-refractivity contribution in [3.05, 3.63) is 0 Å². The Labute approximate surface area is 92.6 Å². The third-order valence-corrected chi connectivity index (χ3v) is 3.81. The highest BCUT2D eigenvalue weighted by Gasteiger charge is 2.24. The summed E-state index contributed by atoms with van der Waals surface area (Å²) in [6.45, 7) is 3.76. The first kappa shape index (κ1) is 11.4. The van der Waals surface area contributed by atoms with Crippen LogP contribution in [-0.2, 0) is 4.79 Å². The van der Waals surface area contributed by atoms with Crippen molar-refractivity contribution in [3.8, 4) is 0 Å². The fourth-order valence-corrected chi connectivity index (χ4v) is 2.60. The van der Waals surface area contributed by atoms with E-state index in [1.807, 2.05) is 23.6 Å². The maximum Gasteiger partial charge on any atom is 0.236 e. The van der Waals surface area contributed by atoms with E-state index in [4.69, 9.17) is 0 Å². The Hall–Kier alpha value is 0.300. The second-order valence-electron chi connectivity index (χ2n) is 3.40. The van der Waals surface area contributed by atoms with E-state index in [2.05, 4.69) is 22.2 Å². The van der Waals surface area contributed by atoms with E-state index in [-0.39, 0.29) is 10.7 Å². The molecule has 0 aromatic rings. The monoisotopic (exact) mass is 265 g/mol. The van der Waals surface area contributed by atoms with Gasteiger partial charge in [0, 0.05) is 18.3 Å². The molecule has 0 aromatic heterocycles. The highest BCUT2D eigenvalue weighted by Crippen LogP contribution is 2.21. The van der Waals surface area contributed by atoms with Crippen molar-refractivity contribution in [2.24, 2.45) is 0 Å². The molecule has 1 rings (SSSR count). The molecule has 1 aliphatic heterocycles. The molecule has 2 nitrogen and oxygen atoms in total. The second-order valence-corrected chi connectivity index (χ2v) is 5.91. The molecule has 1 fully saturated rings. The van der Waals surface area contributed by atoms with Gasteiger partial charge in [-0.2, -0.15) is 11.8 Å². The van der Waals surface area contributed by atoms with E-state index in [1.54, 1.807) is 0 Å². The van der Waals surface area contributed by atoms with Crippen LogP contribution in [0.25, 0.3) is 0 Å². The minimum atomic E-state index is -0.0342. The topological polar surface area (TPSA) is 20.3 Å². The number of hydrogen-bond donors (Lipinski definition) is 0. The number of amides is 1. The molecule has 0 bridgehead atoms. The number of rotatable bonds is 2. The Morgan fingerprint density at radius 2 is 2.38 bits per heavy atom. The highest BCUT2D eigenvalue weighted by atomic mass is 79.9. The van der Waals surface area contributed by atoms with E-state index in [0.29, 0.717) is 5.25 Å². The number of thioether (sulfide) groups is 1. The van der Waals surface area contributed by atoms with Crippen molar-refractivity contribution in [1.82, 2.24) is 4.90 Å². The van der Waals surface area contributed by atoms with Crippen LogP contribution in [-0.4, -0.2) is 40.2 Å². The summed E-state index contributed by atoms with van der Waals surface area (Å²) >= 11 is 5.19. The Morgan fingerprint density at radius 3 is 2.92 bits per heavy atom. The largest absolute Gasteiger partial charge is 0.341 e. The van der Waals surface area contributed by atoms with E-state index >= 15 is 0 Å². The molecule has 0 aromatic carbocycles. The zero-order chi connectivity index (χ0) is 9.84. The summed E-state index contributed by atoms with van der Waals surface area (Å²) < 4.78 is 0. The third kappa shape index (κ3) is 3.17. The fourth-order valence-electron chi connectivity index (χ4n) is 1.58. The number of piperidine rings is 1. The normalized spacial score (nSPS) is 25.8. The van der Waals surface area contributed by atoms with E-state index in [1.165, 1.54) is 6.42 Å². The first-order chi connectivity index (χ1) is 6.15. The number of hydrogen-bond acceptors (Lipinski definition) is 2. The molecule has 0 N–H and O–H groups in total. The summed E-state index contributed by atoms with van der Waals surface area (Å²) in [5, 5.41) is 0.643. The smallest absolute Gasteiger partial charge is 0.236 e. The molecule has 2 unspecified atom stereocenters. The lowest BCUT2D eigenvalue weighted by atomic mass is 10.1. The van der Waals surface area contributed by atoms with E-state index < -0.39 is 0 Å². The molecule has 0 aliphatic carbocycles. The zero-order valence-corrected chi connectivity index (χ0v) is 10.5. The maximum absolute atomic E-state index is 11.6. The van der Waals surface area contributed by atoms with Crippen LogP contribution in [0, 0.1) is 0 Å². The Morgan fingerprint density at radius 1 is 1.69 bits per heavy atom. The molecule has 0 radical (unpaired) electrons. The first-order valence-electron chi connectivity index (χ1n) is 4.60. The van der Waals surface area contributed by atoms with Gasteiger partial charge in [0.2, 0.25) is 5.91 Å². The number of alkyl halides is 1. The average molecular weight is 266 g/mol. The Kier molecular flexibility index (Phi) is 4.59. The molecule has 76 valence electrons. The summed E-state index contributed by atoms with van der Waals surface area (Å²) in [7, 11) is 0. The molecule has 0 spiro atoms.